The summed E-state index contributed by atoms with van der Waals surface area (Å²) in [5.41, 5.74) is -0.310. The monoisotopic (exact) mass is 245 g/mol. The van der Waals surface area contributed by atoms with Crippen molar-refractivity contribution < 1.29 is 9.13 Å². The van der Waals surface area contributed by atoms with Gasteiger partial charge in [-0.15, -0.1) is 0 Å². The van der Waals surface area contributed by atoms with E-state index in [-0.39, 0.29) is 10.6 Å². The van der Waals surface area contributed by atoms with Crippen LogP contribution in [0.4, 0.5) is 4.39 Å². The second kappa shape index (κ2) is 5.51. The van der Waals surface area contributed by atoms with Crippen molar-refractivity contribution in [3.05, 3.63) is 29.0 Å². The second-order valence-electron chi connectivity index (χ2n) is 4.01. The maximum atomic E-state index is 13.0. The van der Waals surface area contributed by atoms with Gasteiger partial charge in [0.1, 0.15) is 17.2 Å². The lowest BCUT2D eigenvalue weighted by atomic mass is 10.0. The van der Waals surface area contributed by atoms with Crippen molar-refractivity contribution in [2.45, 2.75) is 25.9 Å². The molecule has 0 saturated carbocycles. The lowest BCUT2D eigenvalue weighted by Gasteiger charge is -2.29. The summed E-state index contributed by atoms with van der Waals surface area (Å²) in [6.45, 7) is 4.77. The zero-order chi connectivity index (χ0) is 12.2. The van der Waals surface area contributed by atoms with E-state index in [1.54, 1.807) is 6.07 Å². The number of nitrogens with one attached hydrogen (secondary N) is 1. The van der Waals surface area contributed by atoms with Gasteiger partial charge in [-0.1, -0.05) is 18.5 Å². The summed E-state index contributed by atoms with van der Waals surface area (Å²) in [7, 11) is 1.87. The quantitative estimate of drug-likeness (QED) is 0.860. The Kier molecular flexibility index (Phi) is 4.56. The summed E-state index contributed by atoms with van der Waals surface area (Å²) in [4.78, 5) is 0. The van der Waals surface area contributed by atoms with Crippen LogP contribution in [0.3, 0.4) is 0 Å². The third-order valence-electron chi connectivity index (χ3n) is 2.55. The van der Waals surface area contributed by atoms with Gasteiger partial charge in [0.05, 0.1) is 5.02 Å². The molecule has 1 aromatic rings. The number of hydrogen-bond donors (Lipinski definition) is 1. The van der Waals surface area contributed by atoms with Crippen LogP contribution >= 0.6 is 11.6 Å². The molecule has 16 heavy (non-hydrogen) atoms. The molecule has 4 heteroatoms. The Morgan fingerprint density at radius 1 is 1.50 bits per heavy atom. The van der Waals surface area contributed by atoms with Crippen molar-refractivity contribution in [1.29, 1.82) is 0 Å². The number of hydrogen-bond acceptors (Lipinski definition) is 2. The van der Waals surface area contributed by atoms with Gasteiger partial charge in [-0.2, -0.15) is 0 Å². The van der Waals surface area contributed by atoms with E-state index in [1.807, 2.05) is 20.9 Å². The van der Waals surface area contributed by atoms with Crippen LogP contribution < -0.4 is 10.1 Å². The molecule has 0 aromatic heterocycles. The van der Waals surface area contributed by atoms with Crippen LogP contribution in [0.2, 0.25) is 5.02 Å². The van der Waals surface area contributed by atoms with Crippen LogP contribution in [0, 0.1) is 5.82 Å². The Bertz CT molecular complexity index is 359. The lowest BCUT2D eigenvalue weighted by molar-refractivity contribution is 0.0857. The van der Waals surface area contributed by atoms with E-state index >= 15 is 0 Å². The third kappa shape index (κ3) is 3.35. The maximum Gasteiger partial charge on any atom is 0.142 e. The second-order valence-corrected chi connectivity index (χ2v) is 4.42. The minimum atomic E-state index is -0.430. The number of likely N-dealkylation sites (N-methyl/N-ethyl adjacent to an activating group) is 1. The van der Waals surface area contributed by atoms with Crippen molar-refractivity contribution in [1.82, 2.24) is 5.32 Å². The molecule has 90 valence electrons. The van der Waals surface area contributed by atoms with E-state index in [0.717, 1.165) is 13.0 Å². The molecule has 1 aromatic carbocycles. The fourth-order valence-corrected chi connectivity index (χ4v) is 1.60. The summed E-state index contributed by atoms with van der Waals surface area (Å²) in [5, 5.41) is 3.16. The average Bonchev–Trinajstić information content (AvgIpc) is 2.24. The number of ether oxygens (including phenoxy) is 1. The van der Waals surface area contributed by atoms with Crippen LogP contribution in [-0.4, -0.2) is 19.2 Å². The molecule has 1 rings (SSSR count). The molecule has 0 heterocycles. The first-order valence-electron chi connectivity index (χ1n) is 5.29. The molecule has 0 aliphatic heterocycles. The minimum Gasteiger partial charge on any atom is -0.486 e. The summed E-state index contributed by atoms with van der Waals surface area (Å²) in [6, 6.07) is 4.40. The first-order valence-corrected chi connectivity index (χ1v) is 5.67. The molecule has 0 amide bonds. The van der Waals surface area contributed by atoms with Crippen LogP contribution in [-0.2, 0) is 0 Å². The normalized spacial score (nSPS) is 14.6. The minimum absolute atomic E-state index is 0.0837. The van der Waals surface area contributed by atoms with Crippen molar-refractivity contribution in [3.63, 3.8) is 0 Å². The summed E-state index contributed by atoms with van der Waals surface area (Å²) in [6.07, 6.45) is 0.850. The topological polar surface area (TPSA) is 21.3 Å². The predicted octanol–water partition coefficient (Wildman–Crippen LogP) is 3.25. The zero-order valence-electron chi connectivity index (χ0n) is 9.81. The van der Waals surface area contributed by atoms with Crippen LogP contribution in [0.1, 0.15) is 20.3 Å². The highest BCUT2D eigenvalue weighted by Crippen LogP contribution is 2.25. The van der Waals surface area contributed by atoms with Gasteiger partial charge < -0.3 is 10.1 Å². The third-order valence-corrected chi connectivity index (χ3v) is 2.84. The Morgan fingerprint density at radius 3 is 2.69 bits per heavy atom. The van der Waals surface area contributed by atoms with Gasteiger partial charge >= 0.3 is 0 Å². The molecule has 1 unspecified atom stereocenters. The molecular formula is C12H17ClFNO. The molecule has 0 radical (unpaired) electrons. The van der Waals surface area contributed by atoms with Crippen molar-refractivity contribution in [2.24, 2.45) is 0 Å². The van der Waals surface area contributed by atoms with E-state index < -0.39 is 5.82 Å². The average molecular weight is 246 g/mol. The lowest BCUT2D eigenvalue weighted by Crippen LogP contribution is -2.41. The van der Waals surface area contributed by atoms with Gasteiger partial charge in [-0.25, -0.2) is 4.39 Å². The predicted molar refractivity (Wildman–Crippen MR) is 64.7 cm³/mol. The van der Waals surface area contributed by atoms with Gasteiger partial charge in [0.15, 0.2) is 0 Å². The Balaban J connectivity index is 2.81. The molecule has 0 saturated heterocycles. The van der Waals surface area contributed by atoms with Gasteiger partial charge in [0, 0.05) is 12.6 Å². The smallest absolute Gasteiger partial charge is 0.142 e. The Hall–Kier alpha value is -0.800. The molecule has 0 fully saturated rings. The maximum absolute atomic E-state index is 13.0. The highest BCUT2D eigenvalue weighted by Gasteiger charge is 2.23. The molecule has 0 aliphatic carbocycles. The Morgan fingerprint density at radius 2 is 2.19 bits per heavy atom. The Labute approximate surface area is 101 Å². The van der Waals surface area contributed by atoms with Gasteiger partial charge in [0.2, 0.25) is 0 Å². The summed E-state index contributed by atoms with van der Waals surface area (Å²) < 4.78 is 18.8. The molecule has 1 atom stereocenters. The van der Waals surface area contributed by atoms with Crippen molar-refractivity contribution in [2.75, 3.05) is 13.6 Å². The van der Waals surface area contributed by atoms with Crippen LogP contribution in [0.5, 0.6) is 5.75 Å². The van der Waals surface area contributed by atoms with E-state index in [2.05, 4.69) is 5.32 Å². The fourth-order valence-electron chi connectivity index (χ4n) is 1.43. The first-order chi connectivity index (χ1) is 7.50. The van der Waals surface area contributed by atoms with Crippen molar-refractivity contribution in [3.8, 4) is 5.75 Å². The molecule has 1 N–H and O–H groups in total. The number of halogens is 2. The molecular weight excluding hydrogens is 229 g/mol. The highest BCUT2D eigenvalue weighted by atomic mass is 35.5. The van der Waals surface area contributed by atoms with Gasteiger partial charge in [-0.05, 0) is 32.5 Å². The fraction of sp³-hybridized carbons (Fsp3) is 0.500. The van der Waals surface area contributed by atoms with E-state index in [9.17, 15) is 4.39 Å². The number of benzene rings is 1. The van der Waals surface area contributed by atoms with Gasteiger partial charge in [-0.3, -0.25) is 0 Å². The summed E-state index contributed by atoms with van der Waals surface area (Å²) in [5.74, 6) is 0.159. The molecule has 0 spiro atoms. The van der Waals surface area contributed by atoms with Crippen LogP contribution in [0.25, 0.3) is 0 Å². The van der Waals surface area contributed by atoms with Gasteiger partial charge in [0.25, 0.3) is 0 Å². The van der Waals surface area contributed by atoms with Crippen LogP contribution in [0.15, 0.2) is 18.2 Å². The summed E-state index contributed by atoms with van der Waals surface area (Å²) >= 11 is 5.69. The van der Waals surface area contributed by atoms with Crippen molar-refractivity contribution >= 4 is 11.6 Å². The van der Waals surface area contributed by atoms with E-state index in [4.69, 9.17) is 16.3 Å². The van der Waals surface area contributed by atoms with E-state index in [1.165, 1.54) is 12.1 Å². The molecule has 0 aliphatic rings. The molecule has 0 bridgehead atoms. The van der Waals surface area contributed by atoms with E-state index in [0.29, 0.717) is 5.75 Å². The SMILES string of the molecule is CCC(C)(CNC)Oc1ccc(F)c(Cl)c1. The number of rotatable bonds is 5. The highest BCUT2D eigenvalue weighted by molar-refractivity contribution is 6.30. The standard InChI is InChI=1S/C12H17ClFNO/c1-4-12(2,8-15-3)16-9-5-6-11(14)10(13)7-9/h5-7,15H,4,8H2,1-3H3. The zero-order valence-corrected chi connectivity index (χ0v) is 10.6. The first kappa shape index (κ1) is 13.3. The molecule has 2 nitrogen and oxygen atoms in total. The largest absolute Gasteiger partial charge is 0.486 e.